The Morgan fingerprint density at radius 1 is 0.982 bits per heavy atom. The molecule has 284 valence electrons. The molecule has 0 saturated carbocycles. The van der Waals surface area contributed by atoms with Crippen LogP contribution < -0.4 is 20.4 Å². The average molecular weight is 774 g/mol. The number of likely N-dealkylation sites (tertiary alicyclic amines) is 1. The Kier molecular flexibility index (Phi) is 8.36. The van der Waals surface area contributed by atoms with Gasteiger partial charge < -0.3 is 14.4 Å². The molecule has 15 nitrogen and oxygen atoms in total. The molecule has 0 spiro atoms. The SMILES string of the molecule is O=C1CCN(c2ccc(CN3C[C@H]4C[C@@H]3CN4c3ccc(-c4cc(F)c5c(c4)C(=O)N(C(C(=O)Nc4nccs4)c4ncn6c4CCC6)C5)cc3)nn2)C(=O)N1. The highest BCUT2D eigenvalue weighted by Crippen LogP contribution is 2.39. The molecule has 3 fully saturated rings. The number of fused-ring (bicyclic) bond motifs is 4. The lowest BCUT2D eigenvalue weighted by Crippen LogP contribution is -2.50. The number of halogens is 1. The zero-order valence-electron chi connectivity index (χ0n) is 30.1. The lowest BCUT2D eigenvalue weighted by Gasteiger charge is -2.35. The van der Waals surface area contributed by atoms with Gasteiger partial charge >= 0.3 is 6.03 Å². The zero-order chi connectivity index (χ0) is 38.1. The summed E-state index contributed by atoms with van der Waals surface area (Å²) in [6.45, 7) is 3.39. The fourth-order valence-corrected chi connectivity index (χ4v) is 9.37. The van der Waals surface area contributed by atoms with E-state index in [1.807, 2.05) is 34.9 Å². The molecule has 0 aliphatic carbocycles. The number of thiazole rings is 1. The van der Waals surface area contributed by atoms with Crippen molar-refractivity contribution in [2.75, 3.05) is 34.8 Å². The standard InChI is InChI=1S/C39H36FN11O4S/c40-30-15-23(14-28-29(30)20-51(37(28)54)35(36(53)44-38-41-10-13-56-38)34-31-2-1-11-47(31)21-42-34)22-3-6-25(7-4-22)50-19-26-16-27(50)18-48(26)17-24-5-8-32(46-45-24)49-12-9-33(52)43-39(49)55/h3-8,10,13-15,21,26-27,35H,1-2,9,11-12,16-20H2,(H,41,44,53)(H,43,52,55)/t26-,27-,35?/m1/s1. The number of aromatic nitrogens is 5. The molecule has 2 aromatic carbocycles. The number of carbonyl (C=O) groups excluding carboxylic acids is 4. The number of imidazole rings is 1. The summed E-state index contributed by atoms with van der Waals surface area (Å²) in [5.41, 5.74) is 5.21. The van der Waals surface area contributed by atoms with Gasteiger partial charge in [0, 0.05) is 85.3 Å². The summed E-state index contributed by atoms with van der Waals surface area (Å²) < 4.78 is 17.9. The highest BCUT2D eigenvalue weighted by molar-refractivity contribution is 7.13. The monoisotopic (exact) mass is 773 g/mol. The van der Waals surface area contributed by atoms with Gasteiger partial charge in [0.05, 0.1) is 24.3 Å². The van der Waals surface area contributed by atoms with E-state index in [4.69, 9.17) is 0 Å². The van der Waals surface area contributed by atoms with Crippen LogP contribution in [-0.4, -0.2) is 90.0 Å². The Hall–Kier alpha value is -6.07. The lowest BCUT2D eigenvalue weighted by molar-refractivity contribution is -0.121. The summed E-state index contributed by atoms with van der Waals surface area (Å²) in [5, 5.41) is 16.0. The van der Waals surface area contributed by atoms with Crippen LogP contribution in [0.2, 0.25) is 0 Å². The Morgan fingerprint density at radius 2 is 1.86 bits per heavy atom. The van der Waals surface area contributed by atoms with Crippen LogP contribution in [0.15, 0.2) is 66.4 Å². The summed E-state index contributed by atoms with van der Waals surface area (Å²) in [5.74, 6) is -1.21. The maximum absolute atomic E-state index is 15.9. The van der Waals surface area contributed by atoms with Crippen molar-refractivity contribution in [3.05, 3.63) is 100 Å². The average Bonchev–Trinajstić information content (AvgIpc) is 4.06. The third kappa shape index (κ3) is 5.97. The molecular weight excluding hydrogens is 738 g/mol. The number of rotatable bonds is 9. The second kappa shape index (κ2) is 13.6. The molecule has 1 unspecified atom stereocenters. The number of imide groups is 1. The van der Waals surface area contributed by atoms with Gasteiger partial charge in [0.15, 0.2) is 17.0 Å². The second-order valence-corrected chi connectivity index (χ2v) is 15.7. The van der Waals surface area contributed by atoms with Crippen molar-refractivity contribution in [3.8, 4) is 11.1 Å². The number of hydrogen-bond acceptors (Lipinski definition) is 11. The molecule has 8 heterocycles. The van der Waals surface area contributed by atoms with Crippen molar-refractivity contribution >= 4 is 51.7 Å². The highest BCUT2D eigenvalue weighted by Gasteiger charge is 2.44. The van der Waals surface area contributed by atoms with Crippen LogP contribution in [0.5, 0.6) is 0 Å². The largest absolute Gasteiger partial charge is 0.366 e. The van der Waals surface area contributed by atoms with E-state index in [0.717, 1.165) is 61.5 Å². The van der Waals surface area contributed by atoms with Crippen molar-refractivity contribution < 1.29 is 23.6 Å². The molecule has 2 N–H and O–H groups in total. The van der Waals surface area contributed by atoms with Crippen molar-refractivity contribution in [1.29, 1.82) is 0 Å². The molecule has 5 aromatic rings. The van der Waals surface area contributed by atoms with Crippen molar-refractivity contribution in [2.24, 2.45) is 0 Å². The van der Waals surface area contributed by atoms with E-state index in [1.165, 1.54) is 27.2 Å². The number of nitrogens with one attached hydrogen (secondary N) is 2. The number of aryl methyl sites for hydroxylation is 1. The fourth-order valence-electron chi connectivity index (χ4n) is 8.84. The van der Waals surface area contributed by atoms with Gasteiger partial charge in [-0.25, -0.2) is 19.2 Å². The summed E-state index contributed by atoms with van der Waals surface area (Å²) in [6, 6.07) is 14.0. The van der Waals surface area contributed by atoms with Gasteiger partial charge in [0.2, 0.25) is 5.91 Å². The number of carbonyl (C=O) groups is 4. The van der Waals surface area contributed by atoms with Crippen molar-refractivity contribution in [3.63, 3.8) is 0 Å². The smallest absolute Gasteiger partial charge is 0.329 e. The number of nitrogens with zero attached hydrogens (tertiary/aromatic N) is 9. The van der Waals surface area contributed by atoms with E-state index in [9.17, 15) is 19.2 Å². The van der Waals surface area contributed by atoms with Crippen LogP contribution in [-0.2, 0) is 35.6 Å². The summed E-state index contributed by atoms with van der Waals surface area (Å²) in [4.78, 5) is 68.0. The molecule has 2 bridgehead atoms. The first-order chi connectivity index (χ1) is 27.3. The molecule has 56 heavy (non-hydrogen) atoms. The van der Waals surface area contributed by atoms with Crippen LogP contribution in [0.1, 0.15) is 58.3 Å². The van der Waals surface area contributed by atoms with E-state index in [0.29, 0.717) is 40.8 Å². The van der Waals surface area contributed by atoms with Crippen LogP contribution in [0.4, 0.5) is 25.8 Å². The van der Waals surface area contributed by atoms with Crippen molar-refractivity contribution in [2.45, 2.75) is 63.4 Å². The Bertz CT molecular complexity index is 2390. The minimum atomic E-state index is -1.04. The van der Waals surface area contributed by atoms with E-state index in [1.54, 1.807) is 30.0 Å². The predicted molar refractivity (Wildman–Crippen MR) is 203 cm³/mol. The number of anilines is 3. The van der Waals surface area contributed by atoms with E-state index < -0.39 is 29.7 Å². The molecule has 3 aromatic heterocycles. The fraction of sp³-hybridized carbons (Fsp3) is 0.333. The summed E-state index contributed by atoms with van der Waals surface area (Å²) >= 11 is 1.28. The molecule has 10 rings (SSSR count). The third-order valence-electron chi connectivity index (χ3n) is 11.6. The van der Waals surface area contributed by atoms with Crippen molar-refractivity contribution in [1.82, 2.24) is 39.8 Å². The lowest BCUT2D eigenvalue weighted by atomic mass is 9.99. The molecule has 17 heteroatoms. The third-order valence-corrected chi connectivity index (χ3v) is 12.3. The molecule has 3 saturated heterocycles. The highest BCUT2D eigenvalue weighted by atomic mass is 32.1. The van der Waals surface area contributed by atoms with Crippen LogP contribution in [0, 0.1) is 5.82 Å². The first kappa shape index (κ1) is 34.4. The maximum atomic E-state index is 15.9. The molecule has 0 radical (unpaired) electrons. The van der Waals surface area contributed by atoms with Gasteiger partial charge in [-0.2, -0.15) is 5.10 Å². The topological polar surface area (TPSA) is 162 Å². The number of hydrogen-bond donors (Lipinski definition) is 2. The Balaban J connectivity index is 0.820. The number of benzene rings is 2. The van der Waals surface area contributed by atoms with E-state index in [-0.39, 0.29) is 36.5 Å². The van der Waals surface area contributed by atoms with E-state index in [2.05, 4.69) is 40.6 Å². The second-order valence-electron chi connectivity index (χ2n) is 14.8. The summed E-state index contributed by atoms with van der Waals surface area (Å²) in [6.07, 6.45) is 6.23. The number of urea groups is 1. The minimum absolute atomic E-state index is 0.0472. The molecule has 5 amide bonds. The number of piperazine rings is 1. The summed E-state index contributed by atoms with van der Waals surface area (Å²) in [7, 11) is 0. The molecule has 3 atom stereocenters. The predicted octanol–water partition coefficient (Wildman–Crippen LogP) is 4.13. The maximum Gasteiger partial charge on any atom is 0.329 e. The van der Waals surface area contributed by atoms with Crippen LogP contribution >= 0.6 is 11.3 Å². The van der Waals surface area contributed by atoms with E-state index >= 15 is 4.39 Å². The molecular formula is C39H36FN11O4S. The van der Waals surface area contributed by atoms with Gasteiger partial charge in [0.25, 0.3) is 11.8 Å². The Labute approximate surface area is 324 Å². The first-order valence-corrected chi connectivity index (χ1v) is 19.6. The van der Waals surface area contributed by atoms with Crippen LogP contribution in [0.3, 0.4) is 0 Å². The molecule has 5 aliphatic heterocycles. The normalized spacial score (nSPS) is 20.8. The zero-order valence-corrected chi connectivity index (χ0v) is 30.9. The quantitative estimate of drug-likeness (QED) is 0.223. The van der Waals surface area contributed by atoms with Gasteiger partial charge in [-0.15, -0.1) is 16.4 Å². The van der Waals surface area contributed by atoms with Gasteiger partial charge in [-0.3, -0.25) is 34.8 Å². The van der Waals surface area contributed by atoms with Crippen LogP contribution in [0.25, 0.3) is 11.1 Å². The van der Waals surface area contributed by atoms with Gasteiger partial charge in [-0.1, -0.05) is 12.1 Å². The minimum Gasteiger partial charge on any atom is -0.366 e. The Morgan fingerprint density at radius 3 is 2.61 bits per heavy atom. The van der Waals surface area contributed by atoms with Gasteiger partial charge in [0.1, 0.15) is 5.82 Å². The van der Waals surface area contributed by atoms with Gasteiger partial charge in [-0.05, 0) is 66.8 Å². The molecule has 5 aliphatic rings. The number of amides is 5. The first-order valence-electron chi connectivity index (χ1n) is 18.7.